The van der Waals surface area contributed by atoms with Crippen molar-refractivity contribution in [2.45, 2.75) is 25.0 Å². The van der Waals surface area contributed by atoms with Crippen LogP contribution in [-0.2, 0) is 10.0 Å². The van der Waals surface area contributed by atoms with Gasteiger partial charge in [-0.25, -0.2) is 8.42 Å². The SMILES string of the molecule is CC(C)=CCN1CCN(S(=O)(=O)c2ccc(C)s2)CC1. The lowest BCUT2D eigenvalue weighted by molar-refractivity contribution is 0.204. The van der Waals surface area contributed by atoms with Gasteiger partial charge in [0.15, 0.2) is 0 Å². The summed E-state index contributed by atoms with van der Waals surface area (Å²) in [6.45, 7) is 9.77. The molecule has 1 aromatic rings. The second-order valence-corrected chi connectivity index (χ2v) is 8.80. The Morgan fingerprint density at radius 1 is 1.25 bits per heavy atom. The van der Waals surface area contributed by atoms with Crippen LogP contribution in [0.5, 0.6) is 0 Å². The van der Waals surface area contributed by atoms with Gasteiger partial charge in [-0.15, -0.1) is 11.3 Å². The van der Waals surface area contributed by atoms with Crippen molar-refractivity contribution in [3.05, 3.63) is 28.7 Å². The molecule has 2 rings (SSSR count). The molecule has 0 aliphatic carbocycles. The predicted molar refractivity (Wildman–Crippen MR) is 83.7 cm³/mol. The highest BCUT2D eigenvalue weighted by atomic mass is 32.2. The van der Waals surface area contributed by atoms with Crippen molar-refractivity contribution in [2.75, 3.05) is 32.7 Å². The number of rotatable bonds is 4. The molecule has 1 aliphatic heterocycles. The van der Waals surface area contributed by atoms with Crippen molar-refractivity contribution >= 4 is 21.4 Å². The number of hydrogen-bond acceptors (Lipinski definition) is 4. The first kappa shape index (κ1) is 15.7. The van der Waals surface area contributed by atoms with Crippen molar-refractivity contribution in [2.24, 2.45) is 0 Å². The lowest BCUT2D eigenvalue weighted by Gasteiger charge is -2.33. The van der Waals surface area contributed by atoms with E-state index in [1.54, 1.807) is 10.4 Å². The maximum atomic E-state index is 12.5. The van der Waals surface area contributed by atoms with Crippen LogP contribution in [0.4, 0.5) is 0 Å². The first-order valence-electron chi connectivity index (χ1n) is 6.82. The van der Waals surface area contributed by atoms with E-state index >= 15 is 0 Å². The Bertz CT molecular complexity index is 578. The number of piperazine rings is 1. The van der Waals surface area contributed by atoms with Crippen LogP contribution in [0, 0.1) is 6.92 Å². The smallest absolute Gasteiger partial charge is 0.252 e. The second kappa shape index (κ2) is 6.39. The molecule has 1 aliphatic rings. The van der Waals surface area contributed by atoms with Crippen LogP contribution in [0.3, 0.4) is 0 Å². The fourth-order valence-electron chi connectivity index (χ4n) is 2.14. The van der Waals surface area contributed by atoms with Crippen LogP contribution in [0.15, 0.2) is 28.0 Å². The molecule has 1 aromatic heterocycles. The lowest BCUT2D eigenvalue weighted by Crippen LogP contribution is -2.48. The third-order valence-electron chi connectivity index (χ3n) is 3.40. The van der Waals surface area contributed by atoms with Crippen molar-refractivity contribution in [1.29, 1.82) is 0 Å². The Balaban J connectivity index is 1.98. The zero-order chi connectivity index (χ0) is 14.8. The molecule has 2 heterocycles. The van der Waals surface area contributed by atoms with Gasteiger partial charge in [0, 0.05) is 37.6 Å². The Labute approximate surface area is 125 Å². The van der Waals surface area contributed by atoms with Crippen LogP contribution in [-0.4, -0.2) is 50.3 Å². The molecule has 0 saturated carbocycles. The molecule has 0 aromatic carbocycles. The maximum absolute atomic E-state index is 12.5. The highest BCUT2D eigenvalue weighted by Gasteiger charge is 2.29. The van der Waals surface area contributed by atoms with Gasteiger partial charge < -0.3 is 0 Å². The number of hydrogen-bond donors (Lipinski definition) is 0. The number of sulfonamides is 1. The van der Waals surface area contributed by atoms with Gasteiger partial charge in [-0.05, 0) is 32.9 Å². The molecule has 20 heavy (non-hydrogen) atoms. The summed E-state index contributed by atoms with van der Waals surface area (Å²) in [5, 5.41) is 0. The quantitative estimate of drug-likeness (QED) is 0.801. The van der Waals surface area contributed by atoms with Crippen molar-refractivity contribution in [3.8, 4) is 0 Å². The number of thiophene rings is 1. The molecule has 1 fully saturated rings. The van der Waals surface area contributed by atoms with Gasteiger partial charge >= 0.3 is 0 Å². The van der Waals surface area contributed by atoms with Crippen molar-refractivity contribution in [3.63, 3.8) is 0 Å². The third kappa shape index (κ3) is 3.69. The summed E-state index contributed by atoms with van der Waals surface area (Å²) in [4.78, 5) is 3.32. The van der Waals surface area contributed by atoms with Crippen LogP contribution >= 0.6 is 11.3 Å². The Hall–Kier alpha value is -0.690. The maximum Gasteiger partial charge on any atom is 0.252 e. The average Bonchev–Trinajstić information content (AvgIpc) is 2.84. The third-order valence-corrected chi connectivity index (χ3v) is 6.77. The molecule has 0 amide bonds. The van der Waals surface area contributed by atoms with E-state index < -0.39 is 10.0 Å². The number of nitrogens with zero attached hydrogens (tertiary/aromatic N) is 2. The van der Waals surface area contributed by atoms with E-state index in [9.17, 15) is 8.42 Å². The zero-order valence-corrected chi connectivity index (χ0v) is 13.9. The van der Waals surface area contributed by atoms with Gasteiger partial charge in [-0.2, -0.15) is 4.31 Å². The Morgan fingerprint density at radius 3 is 2.40 bits per heavy atom. The molecule has 1 saturated heterocycles. The van der Waals surface area contributed by atoms with Gasteiger partial charge in [-0.1, -0.05) is 11.6 Å². The molecule has 0 N–H and O–H groups in total. The molecule has 4 nitrogen and oxygen atoms in total. The molecule has 0 atom stereocenters. The Morgan fingerprint density at radius 2 is 1.90 bits per heavy atom. The number of allylic oxidation sites excluding steroid dienone is 1. The first-order valence-corrected chi connectivity index (χ1v) is 9.07. The second-order valence-electron chi connectivity index (χ2n) is 5.35. The van der Waals surface area contributed by atoms with E-state index in [0.29, 0.717) is 17.3 Å². The number of aryl methyl sites for hydroxylation is 1. The van der Waals surface area contributed by atoms with Gasteiger partial charge in [0.2, 0.25) is 0 Å². The highest BCUT2D eigenvalue weighted by Crippen LogP contribution is 2.25. The molecule has 0 spiro atoms. The summed E-state index contributed by atoms with van der Waals surface area (Å²) in [7, 11) is -3.29. The summed E-state index contributed by atoms with van der Waals surface area (Å²) in [6.07, 6.45) is 2.19. The van der Waals surface area contributed by atoms with Crippen molar-refractivity contribution < 1.29 is 8.42 Å². The minimum atomic E-state index is -3.29. The lowest BCUT2D eigenvalue weighted by atomic mass is 10.3. The van der Waals surface area contributed by atoms with E-state index in [1.807, 2.05) is 13.0 Å². The molecule has 6 heteroatoms. The topological polar surface area (TPSA) is 40.6 Å². The summed E-state index contributed by atoms with van der Waals surface area (Å²) in [5.41, 5.74) is 1.30. The van der Waals surface area contributed by atoms with Gasteiger partial charge in [0.25, 0.3) is 10.0 Å². The summed E-state index contributed by atoms with van der Waals surface area (Å²) in [6, 6.07) is 3.58. The summed E-state index contributed by atoms with van der Waals surface area (Å²) >= 11 is 1.35. The fraction of sp³-hybridized carbons (Fsp3) is 0.571. The minimum absolute atomic E-state index is 0.466. The minimum Gasteiger partial charge on any atom is -0.297 e. The van der Waals surface area contributed by atoms with E-state index in [4.69, 9.17) is 0 Å². The van der Waals surface area contributed by atoms with Gasteiger partial charge in [0.05, 0.1) is 0 Å². The van der Waals surface area contributed by atoms with E-state index in [1.165, 1.54) is 16.9 Å². The molecule has 0 bridgehead atoms. The van der Waals surface area contributed by atoms with Gasteiger partial charge in [-0.3, -0.25) is 4.90 Å². The van der Waals surface area contributed by atoms with Crippen LogP contribution in [0.1, 0.15) is 18.7 Å². The van der Waals surface area contributed by atoms with E-state index in [0.717, 1.165) is 24.5 Å². The largest absolute Gasteiger partial charge is 0.297 e. The average molecular weight is 314 g/mol. The van der Waals surface area contributed by atoms with Crippen LogP contribution in [0.2, 0.25) is 0 Å². The molecular formula is C14H22N2O2S2. The molecule has 0 radical (unpaired) electrons. The molecule has 0 unspecified atom stereocenters. The fourth-order valence-corrected chi connectivity index (χ4v) is 5.00. The van der Waals surface area contributed by atoms with Crippen LogP contribution < -0.4 is 0 Å². The first-order chi connectivity index (χ1) is 9.39. The molecular weight excluding hydrogens is 292 g/mol. The Kier molecular flexibility index (Phi) is 5.01. The van der Waals surface area contributed by atoms with E-state index in [-0.39, 0.29) is 0 Å². The van der Waals surface area contributed by atoms with Crippen LogP contribution in [0.25, 0.3) is 0 Å². The van der Waals surface area contributed by atoms with E-state index in [2.05, 4.69) is 24.8 Å². The predicted octanol–water partition coefficient (Wildman–Crippen LogP) is 2.33. The highest BCUT2D eigenvalue weighted by molar-refractivity contribution is 7.91. The molecule has 112 valence electrons. The van der Waals surface area contributed by atoms with Gasteiger partial charge in [0.1, 0.15) is 4.21 Å². The summed E-state index contributed by atoms with van der Waals surface area (Å²) < 4.78 is 27.0. The summed E-state index contributed by atoms with van der Waals surface area (Å²) in [5.74, 6) is 0. The zero-order valence-electron chi connectivity index (χ0n) is 12.3. The van der Waals surface area contributed by atoms with Crippen molar-refractivity contribution in [1.82, 2.24) is 9.21 Å². The standard InChI is InChI=1S/C14H22N2O2S2/c1-12(2)6-7-15-8-10-16(11-9-15)20(17,18)14-5-4-13(3)19-14/h4-6H,7-11H2,1-3H3. The normalized spacial score (nSPS) is 18.1. The monoisotopic (exact) mass is 314 g/mol.